The van der Waals surface area contributed by atoms with E-state index < -0.39 is 23.5 Å². The van der Waals surface area contributed by atoms with E-state index in [1.807, 2.05) is 0 Å². The fraction of sp³-hybridized carbons (Fsp3) is 0.722. The second-order valence-electron chi connectivity index (χ2n) is 7.07. The summed E-state index contributed by atoms with van der Waals surface area (Å²) in [5.74, 6) is -3.97. The molecule has 166 valence electrons. The normalized spacial score (nSPS) is 19.0. The summed E-state index contributed by atoms with van der Waals surface area (Å²) in [6, 6.07) is 0.432. The summed E-state index contributed by atoms with van der Waals surface area (Å²) in [5.41, 5.74) is -1.26. The van der Waals surface area contributed by atoms with Crippen molar-refractivity contribution in [1.29, 1.82) is 0 Å². The molecular weight excluding hydrogens is 397 g/mol. The third-order valence-electron chi connectivity index (χ3n) is 5.18. The predicted octanol–water partition coefficient (Wildman–Crippen LogP) is 1.61. The highest BCUT2D eigenvalue weighted by molar-refractivity contribution is 6.02. The number of carboxylic acids is 2. The van der Waals surface area contributed by atoms with Crippen LogP contribution in [0.4, 0.5) is 13.2 Å². The maximum Gasteiger partial charge on any atom is 0.490 e. The third-order valence-corrected chi connectivity index (χ3v) is 5.18. The molecule has 1 fully saturated rings. The van der Waals surface area contributed by atoms with Crippen molar-refractivity contribution in [3.05, 3.63) is 12.2 Å². The summed E-state index contributed by atoms with van der Waals surface area (Å²) in [6.45, 7) is 2.84. The summed E-state index contributed by atoms with van der Waals surface area (Å²) in [4.78, 5) is 37.2. The lowest BCUT2D eigenvalue weighted by molar-refractivity contribution is -0.192. The Bertz CT molecular complexity index is 607. The van der Waals surface area contributed by atoms with E-state index in [1.54, 1.807) is 24.2 Å². The summed E-state index contributed by atoms with van der Waals surface area (Å²) in [6.07, 6.45) is 0.919. The first kappa shape index (κ1) is 24.9. The zero-order valence-corrected chi connectivity index (χ0v) is 16.4. The lowest BCUT2D eigenvalue weighted by atomic mass is 9.83. The molecule has 2 N–H and O–H groups in total. The number of alkyl halides is 3. The lowest BCUT2D eigenvalue weighted by Gasteiger charge is -2.39. The molecule has 0 aromatic heterocycles. The van der Waals surface area contributed by atoms with Crippen LogP contribution in [0.3, 0.4) is 0 Å². The Morgan fingerprint density at radius 2 is 1.66 bits per heavy atom. The summed E-state index contributed by atoms with van der Waals surface area (Å²) >= 11 is 0. The van der Waals surface area contributed by atoms with Crippen LogP contribution in [0.2, 0.25) is 0 Å². The number of carbonyl (C=O) groups excluding carboxylic acids is 1. The second-order valence-corrected chi connectivity index (χ2v) is 7.07. The minimum absolute atomic E-state index is 0.219. The van der Waals surface area contributed by atoms with Gasteiger partial charge in [-0.3, -0.25) is 9.59 Å². The number of allylic oxidation sites excluding steroid dienone is 2. The number of rotatable bonds is 6. The van der Waals surface area contributed by atoms with Gasteiger partial charge < -0.3 is 24.7 Å². The van der Waals surface area contributed by atoms with Gasteiger partial charge in [0.25, 0.3) is 0 Å². The van der Waals surface area contributed by atoms with Crippen LogP contribution >= 0.6 is 0 Å². The third kappa shape index (κ3) is 6.70. The Kier molecular flexibility index (Phi) is 9.09. The average molecular weight is 424 g/mol. The van der Waals surface area contributed by atoms with E-state index in [-0.39, 0.29) is 5.91 Å². The van der Waals surface area contributed by atoms with Crippen LogP contribution < -0.4 is 0 Å². The van der Waals surface area contributed by atoms with Crippen LogP contribution in [0, 0.1) is 5.41 Å². The number of likely N-dealkylation sites (N-methyl/N-ethyl adjacent to an activating group) is 1. The van der Waals surface area contributed by atoms with Crippen molar-refractivity contribution in [3.8, 4) is 0 Å². The molecule has 0 unspecified atom stereocenters. The molecule has 2 aliphatic rings. The average Bonchev–Trinajstić information content (AvgIpc) is 3.16. The summed E-state index contributed by atoms with van der Waals surface area (Å²) in [5, 5.41) is 16.6. The van der Waals surface area contributed by atoms with Gasteiger partial charge in [-0.25, -0.2) is 4.79 Å². The highest BCUT2D eigenvalue weighted by atomic mass is 19.4. The van der Waals surface area contributed by atoms with Gasteiger partial charge in [-0.05, 0) is 32.7 Å². The molecule has 0 saturated carbocycles. The highest BCUT2D eigenvalue weighted by Gasteiger charge is 2.49. The molecule has 1 saturated heterocycles. The SMILES string of the molecule is COCCN(C)C1CCN(C(=O)C2(C(=O)O)CC=CC2)CC1.O=C(O)C(F)(F)F. The summed E-state index contributed by atoms with van der Waals surface area (Å²) < 4.78 is 36.8. The zero-order chi connectivity index (χ0) is 22.2. The maximum atomic E-state index is 12.7. The minimum atomic E-state index is -5.08. The van der Waals surface area contributed by atoms with Gasteiger partial charge in [0, 0.05) is 32.8 Å². The van der Waals surface area contributed by atoms with E-state index in [0.717, 1.165) is 19.4 Å². The molecule has 0 aromatic carbocycles. The summed E-state index contributed by atoms with van der Waals surface area (Å²) in [7, 11) is 3.76. The quantitative estimate of drug-likeness (QED) is 0.493. The van der Waals surface area contributed by atoms with Crippen LogP contribution in [-0.4, -0.2) is 90.5 Å². The van der Waals surface area contributed by atoms with Crippen LogP contribution in [-0.2, 0) is 19.1 Å². The second kappa shape index (κ2) is 10.6. The van der Waals surface area contributed by atoms with Gasteiger partial charge in [-0.2, -0.15) is 13.2 Å². The lowest BCUT2D eigenvalue weighted by Crippen LogP contribution is -2.52. The molecule has 29 heavy (non-hydrogen) atoms. The van der Waals surface area contributed by atoms with Gasteiger partial charge in [0.1, 0.15) is 0 Å². The predicted molar refractivity (Wildman–Crippen MR) is 96.2 cm³/mol. The van der Waals surface area contributed by atoms with E-state index in [1.165, 1.54) is 0 Å². The van der Waals surface area contributed by atoms with Gasteiger partial charge in [-0.1, -0.05) is 12.2 Å². The zero-order valence-electron chi connectivity index (χ0n) is 16.4. The first-order chi connectivity index (χ1) is 13.5. The Hall–Kier alpha value is -2.14. The number of carbonyl (C=O) groups is 3. The molecule has 0 spiro atoms. The minimum Gasteiger partial charge on any atom is -0.480 e. The van der Waals surface area contributed by atoms with E-state index in [9.17, 15) is 27.9 Å². The van der Waals surface area contributed by atoms with Gasteiger partial charge in [-0.15, -0.1) is 0 Å². The molecule has 1 aliphatic heterocycles. The number of nitrogens with zero attached hydrogens (tertiary/aromatic N) is 2. The van der Waals surface area contributed by atoms with Gasteiger partial charge in [0.05, 0.1) is 6.61 Å². The molecule has 8 nitrogen and oxygen atoms in total. The molecule has 1 aliphatic carbocycles. The topological polar surface area (TPSA) is 107 Å². The first-order valence-electron chi connectivity index (χ1n) is 9.12. The van der Waals surface area contributed by atoms with Crippen LogP contribution in [0.25, 0.3) is 0 Å². The smallest absolute Gasteiger partial charge is 0.480 e. The highest BCUT2D eigenvalue weighted by Crippen LogP contribution is 2.36. The van der Waals surface area contributed by atoms with E-state index in [2.05, 4.69) is 11.9 Å². The molecule has 0 bridgehead atoms. The van der Waals surface area contributed by atoms with E-state index in [0.29, 0.717) is 38.6 Å². The number of hydrogen-bond donors (Lipinski definition) is 2. The Balaban J connectivity index is 0.000000516. The largest absolute Gasteiger partial charge is 0.490 e. The number of likely N-dealkylation sites (tertiary alicyclic amines) is 1. The van der Waals surface area contributed by atoms with Gasteiger partial charge in [0.2, 0.25) is 5.91 Å². The van der Waals surface area contributed by atoms with E-state index >= 15 is 0 Å². The number of hydrogen-bond acceptors (Lipinski definition) is 5. The first-order valence-corrected chi connectivity index (χ1v) is 9.12. The molecule has 0 radical (unpaired) electrons. The number of methoxy groups -OCH3 is 1. The standard InChI is InChI=1S/C16H26N2O4.C2HF3O2/c1-17(11-12-22-2)13-5-9-18(10-6-13)14(19)16(15(20)21)7-3-4-8-16;3-2(4,5)1(6)7/h3-4,13H,5-12H2,1-2H3,(H,20,21);(H,6,7). The Labute approximate surface area is 166 Å². The van der Waals surface area contributed by atoms with Crippen molar-refractivity contribution >= 4 is 17.8 Å². The molecule has 0 atom stereocenters. The molecular formula is C18H27F3N2O6. The van der Waals surface area contributed by atoms with Crippen molar-refractivity contribution in [2.45, 2.75) is 37.9 Å². The van der Waals surface area contributed by atoms with Crippen LogP contribution in [0.15, 0.2) is 12.2 Å². The fourth-order valence-electron chi connectivity index (χ4n) is 3.32. The molecule has 2 rings (SSSR count). The fourth-order valence-corrected chi connectivity index (χ4v) is 3.32. The van der Waals surface area contributed by atoms with Gasteiger partial charge in [0.15, 0.2) is 5.41 Å². The number of aliphatic carboxylic acids is 2. The number of carboxylic acid groups (broad SMARTS) is 2. The van der Waals surface area contributed by atoms with Gasteiger partial charge >= 0.3 is 18.1 Å². The van der Waals surface area contributed by atoms with Crippen molar-refractivity contribution in [3.63, 3.8) is 0 Å². The van der Waals surface area contributed by atoms with Crippen molar-refractivity contribution < 1.29 is 42.5 Å². The van der Waals surface area contributed by atoms with E-state index in [4.69, 9.17) is 14.6 Å². The molecule has 1 heterocycles. The number of halogens is 3. The van der Waals surface area contributed by atoms with Crippen molar-refractivity contribution in [1.82, 2.24) is 9.80 Å². The molecule has 11 heteroatoms. The van der Waals surface area contributed by atoms with Crippen LogP contribution in [0.1, 0.15) is 25.7 Å². The maximum absolute atomic E-state index is 12.7. The molecule has 0 aromatic rings. The molecule has 1 amide bonds. The van der Waals surface area contributed by atoms with Crippen molar-refractivity contribution in [2.24, 2.45) is 5.41 Å². The number of ether oxygens (including phenoxy) is 1. The number of piperidine rings is 1. The Morgan fingerprint density at radius 3 is 2.03 bits per heavy atom. The number of amides is 1. The van der Waals surface area contributed by atoms with Crippen LogP contribution in [0.5, 0.6) is 0 Å². The van der Waals surface area contributed by atoms with Crippen molar-refractivity contribution in [2.75, 3.05) is 40.4 Å². The Morgan fingerprint density at radius 1 is 1.17 bits per heavy atom. The monoisotopic (exact) mass is 424 g/mol.